The van der Waals surface area contributed by atoms with E-state index in [4.69, 9.17) is 21.1 Å². The highest BCUT2D eigenvalue weighted by molar-refractivity contribution is 6.30. The Bertz CT molecular complexity index is 695. The van der Waals surface area contributed by atoms with Crippen molar-refractivity contribution in [3.8, 4) is 5.88 Å². The molecule has 10 heteroatoms. The Hall–Kier alpha value is -2.13. The van der Waals surface area contributed by atoms with Crippen molar-refractivity contribution in [3.05, 3.63) is 27.4 Å². The van der Waals surface area contributed by atoms with Gasteiger partial charge in [0.05, 0.1) is 22.7 Å². The first-order valence-electron chi connectivity index (χ1n) is 9.28. The maximum Gasteiger partial charge on any atom is 0.407 e. The summed E-state index contributed by atoms with van der Waals surface area (Å²) in [5.74, 6) is -0.0165. The highest BCUT2D eigenvalue weighted by Gasteiger charge is 2.25. The third-order valence-electron chi connectivity index (χ3n) is 4.10. The molecule has 0 aromatic carbocycles. The lowest BCUT2D eigenvalue weighted by Gasteiger charge is -2.22. The standard InChI is InChI=1S/C18H27ClN4O5/c1-18(2,3)28-17(24)21-14-6-8-22(12-14)7-4-5-9-27-16-15(23(25)26)10-13(19)11-20-16/h10-11,14H,4-9,12H2,1-3H3,(H,21,24)/t14-/m1/s1. The fraction of sp³-hybridized carbons (Fsp3) is 0.667. The maximum atomic E-state index is 11.8. The average molecular weight is 415 g/mol. The summed E-state index contributed by atoms with van der Waals surface area (Å²) in [5, 5.41) is 14.1. The lowest BCUT2D eigenvalue weighted by molar-refractivity contribution is -0.386. The molecular formula is C18H27ClN4O5. The molecule has 0 bridgehead atoms. The van der Waals surface area contributed by atoms with Crippen molar-refractivity contribution in [1.29, 1.82) is 0 Å². The number of ether oxygens (including phenoxy) is 2. The number of alkyl carbamates (subject to hydrolysis) is 1. The van der Waals surface area contributed by atoms with Crippen molar-refractivity contribution in [1.82, 2.24) is 15.2 Å². The van der Waals surface area contributed by atoms with Gasteiger partial charge in [0.25, 0.3) is 5.88 Å². The monoisotopic (exact) mass is 414 g/mol. The molecule has 1 atom stereocenters. The van der Waals surface area contributed by atoms with Crippen LogP contribution in [0.15, 0.2) is 12.3 Å². The smallest absolute Gasteiger partial charge is 0.407 e. The predicted molar refractivity (Wildman–Crippen MR) is 105 cm³/mol. The van der Waals surface area contributed by atoms with Crippen LogP contribution in [0.3, 0.4) is 0 Å². The fourth-order valence-electron chi connectivity index (χ4n) is 2.89. The second-order valence-corrected chi connectivity index (χ2v) is 8.16. The summed E-state index contributed by atoms with van der Waals surface area (Å²) in [5.41, 5.74) is -0.737. The van der Waals surface area contributed by atoms with Gasteiger partial charge in [-0.1, -0.05) is 11.6 Å². The number of hydrogen-bond acceptors (Lipinski definition) is 7. The Morgan fingerprint density at radius 3 is 2.89 bits per heavy atom. The summed E-state index contributed by atoms with van der Waals surface area (Å²) in [6.07, 6.45) is 3.44. The number of halogens is 1. The molecule has 28 heavy (non-hydrogen) atoms. The van der Waals surface area contributed by atoms with Gasteiger partial charge in [-0.05, 0) is 46.6 Å². The number of pyridine rings is 1. The topological polar surface area (TPSA) is 107 Å². The summed E-state index contributed by atoms with van der Waals surface area (Å²) in [7, 11) is 0. The van der Waals surface area contributed by atoms with Crippen LogP contribution in [0.4, 0.5) is 10.5 Å². The Balaban J connectivity index is 1.65. The molecule has 9 nitrogen and oxygen atoms in total. The molecule has 2 rings (SSSR count). The highest BCUT2D eigenvalue weighted by Crippen LogP contribution is 2.27. The molecule has 1 aliphatic rings. The molecule has 1 saturated heterocycles. The lowest BCUT2D eigenvalue weighted by Crippen LogP contribution is -2.40. The number of nitrogens with one attached hydrogen (secondary N) is 1. The van der Waals surface area contributed by atoms with Crippen molar-refractivity contribution in [3.63, 3.8) is 0 Å². The first-order valence-corrected chi connectivity index (χ1v) is 9.66. The fourth-order valence-corrected chi connectivity index (χ4v) is 3.04. The Morgan fingerprint density at radius 2 is 2.21 bits per heavy atom. The summed E-state index contributed by atoms with van der Waals surface area (Å²) in [4.78, 5) is 28.4. The van der Waals surface area contributed by atoms with Crippen LogP contribution in [-0.2, 0) is 4.74 Å². The van der Waals surface area contributed by atoms with E-state index in [0.29, 0.717) is 6.61 Å². The molecule has 1 amide bonds. The van der Waals surface area contributed by atoms with E-state index in [-0.39, 0.29) is 28.7 Å². The van der Waals surface area contributed by atoms with E-state index in [1.165, 1.54) is 12.3 Å². The van der Waals surface area contributed by atoms with Crippen LogP contribution in [0.5, 0.6) is 5.88 Å². The third-order valence-corrected chi connectivity index (χ3v) is 4.30. The zero-order valence-corrected chi connectivity index (χ0v) is 17.2. The van der Waals surface area contributed by atoms with E-state index >= 15 is 0 Å². The van der Waals surface area contributed by atoms with E-state index in [9.17, 15) is 14.9 Å². The molecule has 1 fully saturated rings. The van der Waals surface area contributed by atoms with Crippen LogP contribution in [0.25, 0.3) is 0 Å². The predicted octanol–water partition coefficient (Wildman–Crippen LogP) is 3.40. The number of nitro groups is 1. The molecule has 0 radical (unpaired) electrons. The molecule has 2 heterocycles. The van der Waals surface area contributed by atoms with Crippen LogP contribution >= 0.6 is 11.6 Å². The molecule has 0 aliphatic carbocycles. The second kappa shape index (κ2) is 9.88. The van der Waals surface area contributed by atoms with Crippen LogP contribution in [0.2, 0.25) is 5.02 Å². The van der Waals surface area contributed by atoms with Gasteiger partial charge in [0.2, 0.25) is 0 Å². The van der Waals surface area contributed by atoms with Crippen LogP contribution in [0.1, 0.15) is 40.0 Å². The number of amides is 1. The number of likely N-dealkylation sites (tertiary alicyclic amines) is 1. The Labute approximate surface area is 169 Å². The number of carbonyl (C=O) groups is 1. The lowest BCUT2D eigenvalue weighted by atomic mass is 10.2. The van der Waals surface area contributed by atoms with Gasteiger partial charge in [0.1, 0.15) is 5.60 Å². The zero-order chi connectivity index (χ0) is 20.7. The number of carbonyl (C=O) groups excluding carboxylic acids is 1. The minimum atomic E-state index is -0.559. The number of unbranched alkanes of at least 4 members (excludes halogenated alkanes) is 1. The zero-order valence-electron chi connectivity index (χ0n) is 16.4. The quantitative estimate of drug-likeness (QED) is 0.394. The van der Waals surface area contributed by atoms with Gasteiger partial charge in [0.15, 0.2) is 0 Å². The number of aromatic nitrogens is 1. The number of nitrogens with zero attached hydrogens (tertiary/aromatic N) is 3. The molecule has 0 unspecified atom stereocenters. The minimum absolute atomic E-state index is 0.0165. The summed E-state index contributed by atoms with van der Waals surface area (Å²) in [6, 6.07) is 1.32. The van der Waals surface area contributed by atoms with Gasteiger partial charge in [-0.25, -0.2) is 9.78 Å². The maximum absolute atomic E-state index is 11.8. The first-order chi connectivity index (χ1) is 13.1. The molecule has 1 N–H and O–H groups in total. The van der Waals surface area contributed by atoms with Crippen molar-refractivity contribution >= 4 is 23.4 Å². The van der Waals surface area contributed by atoms with Crippen molar-refractivity contribution in [2.45, 2.75) is 51.7 Å². The largest absolute Gasteiger partial charge is 0.473 e. The van der Waals surface area contributed by atoms with Gasteiger partial charge in [0, 0.05) is 25.2 Å². The van der Waals surface area contributed by atoms with Crippen molar-refractivity contribution in [2.24, 2.45) is 0 Å². The van der Waals surface area contributed by atoms with E-state index in [2.05, 4.69) is 15.2 Å². The summed E-state index contributed by atoms with van der Waals surface area (Å²) in [6.45, 7) is 8.40. The molecule has 1 aromatic heterocycles. The van der Waals surface area contributed by atoms with Crippen molar-refractivity contribution in [2.75, 3.05) is 26.2 Å². The van der Waals surface area contributed by atoms with Gasteiger partial charge in [-0.3, -0.25) is 10.1 Å². The van der Waals surface area contributed by atoms with Gasteiger partial charge in [-0.2, -0.15) is 0 Å². The van der Waals surface area contributed by atoms with Gasteiger partial charge < -0.3 is 19.7 Å². The van der Waals surface area contributed by atoms with Gasteiger partial charge in [-0.15, -0.1) is 0 Å². The Morgan fingerprint density at radius 1 is 1.46 bits per heavy atom. The number of hydrogen-bond donors (Lipinski definition) is 1. The van der Waals surface area contributed by atoms with E-state index in [1.54, 1.807) is 0 Å². The molecule has 1 aliphatic heterocycles. The minimum Gasteiger partial charge on any atom is -0.473 e. The second-order valence-electron chi connectivity index (χ2n) is 7.72. The van der Waals surface area contributed by atoms with Crippen LogP contribution in [0, 0.1) is 10.1 Å². The highest BCUT2D eigenvalue weighted by atomic mass is 35.5. The van der Waals surface area contributed by atoms with Crippen molar-refractivity contribution < 1.29 is 19.2 Å². The molecule has 0 spiro atoms. The number of rotatable bonds is 8. The first kappa shape index (κ1) is 22.2. The Kier molecular flexibility index (Phi) is 7.82. The van der Waals surface area contributed by atoms with Crippen LogP contribution < -0.4 is 10.1 Å². The average Bonchev–Trinajstić information content (AvgIpc) is 3.00. The van der Waals surface area contributed by atoms with E-state index < -0.39 is 10.5 Å². The van der Waals surface area contributed by atoms with E-state index in [0.717, 1.165) is 38.9 Å². The normalized spacial score (nSPS) is 17.4. The molecule has 0 saturated carbocycles. The summed E-state index contributed by atoms with van der Waals surface area (Å²) < 4.78 is 10.7. The molecule has 156 valence electrons. The van der Waals surface area contributed by atoms with E-state index in [1.807, 2.05) is 20.8 Å². The molecular weight excluding hydrogens is 388 g/mol. The van der Waals surface area contributed by atoms with Gasteiger partial charge >= 0.3 is 11.8 Å². The van der Waals surface area contributed by atoms with Crippen LogP contribution in [-0.4, -0.2) is 58.8 Å². The SMILES string of the molecule is CC(C)(C)OC(=O)N[C@@H]1CCN(CCCCOc2ncc(Cl)cc2[N+](=O)[O-])C1. The summed E-state index contributed by atoms with van der Waals surface area (Å²) >= 11 is 5.73. The third kappa shape index (κ3) is 7.47. The molecule has 1 aromatic rings.